The summed E-state index contributed by atoms with van der Waals surface area (Å²) in [5.74, 6) is 0. The van der Waals surface area contributed by atoms with Crippen molar-refractivity contribution >= 4 is 54.6 Å². The van der Waals surface area contributed by atoms with Gasteiger partial charge in [-0.3, -0.25) is 5.32 Å². The third-order valence-electron chi connectivity index (χ3n) is 2.00. The number of hydrogen-bond acceptors (Lipinski definition) is 6. The van der Waals surface area contributed by atoms with Gasteiger partial charge >= 0.3 is 6.03 Å². The molecule has 0 aliphatic rings. The van der Waals surface area contributed by atoms with E-state index in [1.807, 2.05) is 0 Å². The molecule has 106 valence electrons. The summed E-state index contributed by atoms with van der Waals surface area (Å²) in [5.41, 5.74) is 0. The molecule has 0 aliphatic heterocycles. The molecule has 0 spiro atoms. The van der Waals surface area contributed by atoms with Gasteiger partial charge in [-0.15, -0.1) is 0 Å². The fourth-order valence-corrected chi connectivity index (χ4v) is 3.18. The molecule has 1 aromatic heterocycles. The minimum Gasteiger partial charge on any atom is -0.317 e. The minimum absolute atomic E-state index is 0.0399. The highest BCUT2D eigenvalue weighted by Gasteiger charge is 2.16. The second kappa shape index (κ2) is 6.96. The molecule has 10 heteroatoms. The Hall–Kier alpha value is -1.00. The number of carbonyl (C=O) groups is 2. The number of nitrogens with zero attached hydrogens (tertiary/aromatic N) is 2. The number of anilines is 1. The number of rotatable bonds is 6. The molecule has 2 amide bonds. The van der Waals surface area contributed by atoms with Gasteiger partial charge in [0, 0.05) is 18.1 Å². The molecular weight excluding hydrogens is 358 g/mol. The maximum atomic E-state index is 11.8. The molecule has 1 N–H and O–H groups in total. The van der Waals surface area contributed by atoms with Crippen molar-refractivity contribution in [3.8, 4) is 0 Å². The molecule has 1 rings (SSSR count). The van der Waals surface area contributed by atoms with E-state index < -0.39 is 15.9 Å². The third kappa shape index (κ3) is 4.88. The molecule has 0 saturated carbocycles. The van der Waals surface area contributed by atoms with Crippen LogP contribution in [-0.2, 0) is 14.6 Å². The van der Waals surface area contributed by atoms with E-state index in [2.05, 4.69) is 26.2 Å². The maximum Gasteiger partial charge on any atom is 0.324 e. The second-order valence-electron chi connectivity index (χ2n) is 3.49. The largest absolute Gasteiger partial charge is 0.324 e. The van der Waals surface area contributed by atoms with Gasteiger partial charge < -0.3 is 9.69 Å². The van der Waals surface area contributed by atoms with Crippen LogP contribution in [0.1, 0.15) is 0 Å². The predicted molar refractivity (Wildman–Crippen MR) is 75.7 cm³/mol. The van der Waals surface area contributed by atoms with E-state index in [9.17, 15) is 18.0 Å². The Labute approximate surface area is 123 Å². The van der Waals surface area contributed by atoms with Crippen LogP contribution in [0, 0.1) is 0 Å². The lowest BCUT2D eigenvalue weighted by Crippen LogP contribution is -2.37. The highest BCUT2D eigenvalue weighted by molar-refractivity contribution is 9.09. The third-order valence-corrected chi connectivity index (χ3v) is 5.06. The Balaban J connectivity index is 2.75. The van der Waals surface area contributed by atoms with Crippen molar-refractivity contribution in [1.29, 1.82) is 0 Å². The first-order chi connectivity index (χ1) is 8.88. The highest BCUT2D eigenvalue weighted by Crippen LogP contribution is 2.22. The summed E-state index contributed by atoms with van der Waals surface area (Å²) in [4.78, 5) is 27.3. The first-order valence-corrected chi connectivity index (χ1v) is 8.93. The van der Waals surface area contributed by atoms with Crippen LogP contribution in [0.4, 0.5) is 9.93 Å². The number of amides is 2. The average Bonchev–Trinajstić information content (AvgIpc) is 2.77. The first-order valence-electron chi connectivity index (χ1n) is 5.10. The van der Waals surface area contributed by atoms with Crippen LogP contribution in [0.5, 0.6) is 0 Å². The van der Waals surface area contributed by atoms with Gasteiger partial charge in [-0.1, -0.05) is 27.3 Å². The van der Waals surface area contributed by atoms with Crippen LogP contribution >= 0.6 is 27.3 Å². The van der Waals surface area contributed by atoms with E-state index in [1.165, 1.54) is 11.1 Å². The molecule has 7 nitrogen and oxygen atoms in total. The number of halogens is 1. The molecule has 0 unspecified atom stereocenters. The van der Waals surface area contributed by atoms with Gasteiger partial charge in [0.15, 0.2) is 15.0 Å². The Bertz CT molecular complexity index is 558. The SMILES string of the molecule is CS(=O)(=O)c1cnc(NC(=O)N(CC=O)CCBr)s1. The molecule has 0 radical (unpaired) electrons. The monoisotopic (exact) mass is 369 g/mol. The second-order valence-corrected chi connectivity index (χ2v) is 7.55. The maximum absolute atomic E-state index is 11.8. The zero-order valence-electron chi connectivity index (χ0n) is 10.00. The smallest absolute Gasteiger partial charge is 0.317 e. The zero-order valence-corrected chi connectivity index (χ0v) is 13.2. The number of nitrogens with one attached hydrogen (secondary N) is 1. The van der Waals surface area contributed by atoms with Gasteiger partial charge in [0.2, 0.25) is 0 Å². The number of alkyl halides is 1. The van der Waals surface area contributed by atoms with Crippen LogP contribution in [-0.4, -0.2) is 55.3 Å². The summed E-state index contributed by atoms with van der Waals surface area (Å²) < 4.78 is 22.6. The van der Waals surface area contributed by atoms with Crippen molar-refractivity contribution in [2.24, 2.45) is 0 Å². The van der Waals surface area contributed by atoms with E-state index >= 15 is 0 Å². The lowest BCUT2D eigenvalue weighted by atomic mass is 10.5. The van der Waals surface area contributed by atoms with Crippen molar-refractivity contribution in [1.82, 2.24) is 9.88 Å². The highest BCUT2D eigenvalue weighted by atomic mass is 79.9. The summed E-state index contributed by atoms with van der Waals surface area (Å²) in [6.07, 6.45) is 2.87. The van der Waals surface area contributed by atoms with Crippen LogP contribution in [0.25, 0.3) is 0 Å². The molecule has 0 fully saturated rings. The summed E-state index contributed by atoms with van der Waals surface area (Å²) in [7, 11) is -3.33. The Kier molecular flexibility index (Phi) is 5.88. The quantitative estimate of drug-likeness (QED) is 0.595. The number of thiazole rings is 1. The Morgan fingerprint density at radius 3 is 2.79 bits per heavy atom. The van der Waals surface area contributed by atoms with Gasteiger partial charge in [0.05, 0.1) is 12.7 Å². The van der Waals surface area contributed by atoms with Gasteiger partial charge in [0.1, 0.15) is 10.5 Å². The molecule has 0 bridgehead atoms. The lowest BCUT2D eigenvalue weighted by Gasteiger charge is -2.18. The van der Waals surface area contributed by atoms with Crippen LogP contribution < -0.4 is 5.32 Å². The van der Waals surface area contributed by atoms with E-state index in [-0.39, 0.29) is 15.9 Å². The number of urea groups is 1. The topological polar surface area (TPSA) is 96.4 Å². The van der Waals surface area contributed by atoms with Crippen LogP contribution in [0.3, 0.4) is 0 Å². The van der Waals surface area contributed by atoms with Crippen molar-refractivity contribution in [2.45, 2.75) is 4.21 Å². The van der Waals surface area contributed by atoms with Crippen molar-refractivity contribution < 1.29 is 18.0 Å². The van der Waals surface area contributed by atoms with Crippen LogP contribution in [0.2, 0.25) is 0 Å². The summed E-state index contributed by atoms with van der Waals surface area (Å²) in [5, 5.41) is 3.16. The molecular formula is C9H12BrN3O4S2. The Morgan fingerprint density at radius 1 is 1.63 bits per heavy atom. The number of aldehydes is 1. The van der Waals surface area contributed by atoms with Crippen LogP contribution in [0.15, 0.2) is 10.4 Å². The van der Waals surface area contributed by atoms with Crippen molar-refractivity contribution in [3.63, 3.8) is 0 Å². The molecule has 0 saturated heterocycles. The Morgan fingerprint density at radius 2 is 2.32 bits per heavy atom. The van der Waals surface area contributed by atoms with E-state index in [1.54, 1.807) is 0 Å². The lowest BCUT2D eigenvalue weighted by molar-refractivity contribution is -0.108. The van der Waals surface area contributed by atoms with Gasteiger partial charge in [-0.05, 0) is 0 Å². The number of aromatic nitrogens is 1. The molecule has 0 aliphatic carbocycles. The van der Waals surface area contributed by atoms with Gasteiger partial charge in [-0.25, -0.2) is 18.2 Å². The fraction of sp³-hybridized carbons (Fsp3) is 0.444. The normalized spacial score (nSPS) is 11.1. The van der Waals surface area contributed by atoms with Crippen molar-refractivity contribution in [3.05, 3.63) is 6.20 Å². The van der Waals surface area contributed by atoms with Gasteiger partial charge in [-0.2, -0.15) is 0 Å². The van der Waals surface area contributed by atoms with E-state index in [4.69, 9.17) is 0 Å². The van der Waals surface area contributed by atoms with Crippen molar-refractivity contribution in [2.75, 3.05) is 30.0 Å². The fourth-order valence-electron chi connectivity index (χ4n) is 1.13. The summed E-state index contributed by atoms with van der Waals surface area (Å²) in [6, 6.07) is -0.499. The molecule has 19 heavy (non-hydrogen) atoms. The molecule has 0 atom stereocenters. The average molecular weight is 370 g/mol. The molecule has 0 aromatic carbocycles. The predicted octanol–water partition coefficient (Wildman–Crippen LogP) is 0.974. The zero-order chi connectivity index (χ0) is 14.5. The molecule has 1 aromatic rings. The summed E-state index contributed by atoms with van der Waals surface area (Å²) in [6.45, 7) is 0.316. The first kappa shape index (κ1) is 16.1. The number of sulfone groups is 1. The molecule has 1 heterocycles. The standard InChI is InChI=1S/C9H12BrN3O4S2/c1-19(16,17)7-6-11-8(18-7)12-9(15)13(3-2-10)4-5-14/h5-6H,2-4H2,1H3,(H,11,12,15). The number of hydrogen-bond donors (Lipinski definition) is 1. The number of carbonyl (C=O) groups excluding carboxylic acids is 2. The van der Waals surface area contributed by atoms with E-state index in [0.29, 0.717) is 18.2 Å². The van der Waals surface area contributed by atoms with E-state index in [0.717, 1.165) is 17.6 Å². The summed E-state index contributed by atoms with van der Waals surface area (Å²) >= 11 is 4.04. The van der Waals surface area contributed by atoms with Gasteiger partial charge in [0.25, 0.3) is 0 Å². The minimum atomic E-state index is -3.33.